The number of benzene rings is 1. The Bertz CT molecular complexity index is 476. The van der Waals surface area contributed by atoms with Crippen LogP contribution in [0, 0.1) is 5.92 Å². The molecule has 0 atom stereocenters. The average molecular weight is 304 g/mol. The fourth-order valence-corrected chi connectivity index (χ4v) is 2.93. The van der Waals surface area contributed by atoms with Gasteiger partial charge in [0, 0.05) is 12.0 Å². The molecule has 22 heavy (non-hydrogen) atoms. The van der Waals surface area contributed by atoms with Crippen molar-refractivity contribution in [2.75, 3.05) is 13.2 Å². The van der Waals surface area contributed by atoms with Gasteiger partial charge in [0.15, 0.2) is 5.78 Å². The van der Waals surface area contributed by atoms with Crippen LogP contribution < -0.4 is 9.47 Å². The molecule has 1 saturated carbocycles. The van der Waals surface area contributed by atoms with Crippen molar-refractivity contribution < 1.29 is 14.3 Å². The summed E-state index contributed by atoms with van der Waals surface area (Å²) in [6.07, 6.45) is 7.51. The van der Waals surface area contributed by atoms with Crippen LogP contribution in [0.25, 0.3) is 0 Å². The second-order valence-corrected chi connectivity index (χ2v) is 6.05. The number of rotatable bonds is 8. The third-order valence-electron chi connectivity index (χ3n) is 4.13. The van der Waals surface area contributed by atoms with Crippen molar-refractivity contribution in [1.29, 1.82) is 0 Å². The fraction of sp³-hybridized carbons (Fsp3) is 0.632. The highest BCUT2D eigenvalue weighted by atomic mass is 16.5. The molecule has 3 nitrogen and oxygen atoms in total. The first-order valence-electron chi connectivity index (χ1n) is 8.70. The Morgan fingerprint density at radius 2 is 1.73 bits per heavy atom. The van der Waals surface area contributed by atoms with Crippen LogP contribution in [0.3, 0.4) is 0 Å². The van der Waals surface area contributed by atoms with Crippen LogP contribution in [-0.4, -0.2) is 19.0 Å². The van der Waals surface area contributed by atoms with E-state index in [2.05, 4.69) is 13.8 Å². The third-order valence-corrected chi connectivity index (χ3v) is 4.13. The fourth-order valence-electron chi connectivity index (χ4n) is 2.93. The lowest BCUT2D eigenvalue weighted by molar-refractivity contribution is 0.0885. The van der Waals surface area contributed by atoms with Crippen LogP contribution in [0.1, 0.15) is 69.2 Å². The molecule has 0 N–H and O–H groups in total. The molecule has 1 aromatic carbocycles. The maximum atomic E-state index is 12.8. The number of ether oxygens (including phenoxy) is 2. The topological polar surface area (TPSA) is 35.5 Å². The molecule has 0 spiro atoms. The zero-order valence-corrected chi connectivity index (χ0v) is 13.9. The summed E-state index contributed by atoms with van der Waals surface area (Å²) in [6.45, 7) is 5.46. The molecule has 0 amide bonds. The highest BCUT2D eigenvalue weighted by molar-refractivity contribution is 6.00. The van der Waals surface area contributed by atoms with E-state index < -0.39 is 0 Å². The molecular weight excluding hydrogens is 276 g/mol. The van der Waals surface area contributed by atoms with Gasteiger partial charge in [-0.2, -0.15) is 0 Å². The van der Waals surface area contributed by atoms with E-state index in [1.807, 2.05) is 18.2 Å². The Hall–Kier alpha value is -1.51. The van der Waals surface area contributed by atoms with Gasteiger partial charge in [0.2, 0.25) is 0 Å². The van der Waals surface area contributed by atoms with Crippen molar-refractivity contribution in [2.24, 2.45) is 5.92 Å². The van der Waals surface area contributed by atoms with Gasteiger partial charge in [-0.05, 0) is 37.8 Å². The molecule has 1 aromatic rings. The summed E-state index contributed by atoms with van der Waals surface area (Å²) in [5.41, 5.74) is 0.726. The van der Waals surface area contributed by atoms with Crippen molar-refractivity contribution in [1.82, 2.24) is 0 Å². The predicted molar refractivity (Wildman–Crippen MR) is 88.9 cm³/mol. The van der Waals surface area contributed by atoms with Gasteiger partial charge in [0.1, 0.15) is 11.5 Å². The van der Waals surface area contributed by atoms with Crippen molar-refractivity contribution in [3.8, 4) is 11.5 Å². The third kappa shape index (κ3) is 4.49. The van der Waals surface area contributed by atoms with Crippen molar-refractivity contribution in [3.63, 3.8) is 0 Å². The number of hydrogen-bond acceptors (Lipinski definition) is 3. The van der Waals surface area contributed by atoms with Gasteiger partial charge in [0.05, 0.1) is 18.8 Å². The Morgan fingerprint density at radius 1 is 1.05 bits per heavy atom. The van der Waals surface area contributed by atoms with Crippen LogP contribution in [-0.2, 0) is 0 Å². The molecule has 1 aliphatic rings. The molecule has 1 aliphatic carbocycles. The lowest BCUT2D eigenvalue weighted by atomic mass is 9.83. The molecule has 1 fully saturated rings. The highest BCUT2D eigenvalue weighted by Crippen LogP contribution is 2.32. The molecule has 2 rings (SSSR count). The summed E-state index contributed by atoms with van der Waals surface area (Å²) in [5, 5.41) is 0. The first-order chi connectivity index (χ1) is 10.8. The molecule has 0 aromatic heterocycles. The molecule has 0 unspecified atom stereocenters. The Balaban J connectivity index is 2.17. The normalized spacial score (nSPS) is 15.5. The monoisotopic (exact) mass is 304 g/mol. The van der Waals surface area contributed by atoms with E-state index in [-0.39, 0.29) is 11.7 Å². The molecule has 0 aliphatic heterocycles. The summed E-state index contributed by atoms with van der Waals surface area (Å²) in [4.78, 5) is 12.8. The average Bonchev–Trinajstić information content (AvgIpc) is 2.58. The van der Waals surface area contributed by atoms with E-state index in [1.54, 1.807) is 0 Å². The zero-order valence-electron chi connectivity index (χ0n) is 13.9. The van der Waals surface area contributed by atoms with Crippen LogP contribution in [0.2, 0.25) is 0 Å². The second-order valence-electron chi connectivity index (χ2n) is 6.05. The van der Waals surface area contributed by atoms with Crippen LogP contribution in [0.4, 0.5) is 0 Å². The van der Waals surface area contributed by atoms with Gasteiger partial charge in [-0.25, -0.2) is 0 Å². The predicted octanol–water partition coefficient (Wildman–Crippen LogP) is 5.03. The molecule has 122 valence electrons. The van der Waals surface area contributed by atoms with E-state index in [1.165, 1.54) is 19.3 Å². The van der Waals surface area contributed by atoms with E-state index in [9.17, 15) is 4.79 Å². The quantitative estimate of drug-likeness (QED) is 0.632. The lowest BCUT2D eigenvalue weighted by Crippen LogP contribution is -2.19. The van der Waals surface area contributed by atoms with E-state index in [0.29, 0.717) is 19.0 Å². The zero-order chi connectivity index (χ0) is 15.8. The van der Waals surface area contributed by atoms with E-state index >= 15 is 0 Å². The van der Waals surface area contributed by atoms with Gasteiger partial charge in [-0.15, -0.1) is 0 Å². The summed E-state index contributed by atoms with van der Waals surface area (Å²) < 4.78 is 11.5. The smallest absolute Gasteiger partial charge is 0.169 e. The lowest BCUT2D eigenvalue weighted by Gasteiger charge is -2.21. The summed E-state index contributed by atoms with van der Waals surface area (Å²) >= 11 is 0. The molecule has 3 heteroatoms. The first kappa shape index (κ1) is 16.9. The number of hydrogen-bond donors (Lipinski definition) is 0. The minimum absolute atomic E-state index is 0.167. The maximum absolute atomic E-state index is 12.8. The summed E-state index contributed by atoms with van der Waals surface area (Å²) in [5.74, 6) is 1.88. The van der Waals surface area contributed by atoms with Crippen LogP contribution >= 0.6 is 0 Å². The Labute approximate surface area is 134 Å². The molecule has 0 saturated heterocycles. The summed E-state index contributed by atoms with van der Waals surface area (Å²) in [7, 11) is 0. The number of Topliss-reactive ketones (excluding diaryl/α,β-unsaturated/α-hetero) is 1. The maximum Gasteiger partial charge on any atom is 0.169 e. The van der Waals surface area contributed by atoms with Crippen molar-refractivity contribution >= 4 is 5.78 Å². The van der Waals surface area contributed by atoms with Gasteiger partial charge >= 0.3 is 0 Å². The molecule has 0 bridgehead atoms. The van der Waals surface area contributed by atoms with Crippen molar-refractivity contribution in [2.45, 2.75) is 58.8 Å². The van der Waals surface area contributed by atoms with Crippen molar-refractivity contribution in [3.05, 3.63) is 23.8 Å². The number of carbonyl (C=O) groups excluding carboxylic acids is 1. The second kappa shape index (κ2) is 8.82. The van der Waals surface area contributed by atoms with Gasteiger partial charge in [-0.1, -0.05) is 33.1 Å². The molecular formula is C19H28O3. The van der Waals surface area contributed by atoms with Gasteiger partial charge in [-0.3, -0.25) is 4.79 Å². The SMILES string of the molecule is CCCOc1ccc(C(=O)C2CCCCC2)c(OCCC)c1. The van der Waals surface area contributed by atoms with Gasteiger partial charge in [0.25, 0.3) is 0 Å². The molecule has 0 heterocycles. The number of ketones is 1. The standard InChI is InChI=1S/C19H28O3/c1-3-12-21-16-10-11-17(18(14-16)22-13-4-2)19(20)15-8-6-5-7-9-15/h10-11,14-15H,3-9,12-13H2,1-2H3. The van der Waals surface area contributed by atoms with Crippen LogP contribution in [0.5, 0.6) is 11.5 Å². The minimum atomic E-state index is 0.167. The van der Waals surface area contributed by atoms with E-state index in [0.717, 1.165) is 37.0 Å². The van der Waals surface area contributed by atoms with E-state index in [4.69, 9.17) is 9.47 Å². The number of carbonyl (C=O) groups is 1. The van der Waals surface area contributed by atoms with Gasteiger partial charge < -0.3 is 9.47 Å². The summed E-state index contributed by atoms with van der Waals surface area (Å²) in [6, 6.07) is 5.65. The largest absolute Gasteiger partial charge is 0.493 e. The Morgan fingerprint density at radius 3 is 2.41 bits per heavy atom. The minimum Gasteiger partial charge on any atom is -0.493 e. The molecule has 0 radical (unpaired) electrons. The first-order valence-corrected chi connectivity index (χ1v) is 8.70. The Kier molecular flexibility index (Phi) is 6.75. The highest BCUT2D eigenvalue weighted by Gasteiger charge is 2.25. The van der Waals surface area contributed by atoms with Crippen LogP contribution in [0.15, 0.2) is 18.2 Å².